The van der Waals surface area contributed by atoms with E-state index in [2.05, 4.69) is 0 Å². The topological polar surface area (TPSA) is 43.9 Å². The number of nitrogens with zero attached hydrogens (tertiary/aromatic N) is 3. The molecule has 3 amide bonds. The van der Waals surface area contributed by atoms with E-state index in [1.54, 1.807) is 17.0 Å². The molecular weight excluding hydrogens is 309 g/mol. The number of fused-ring (bicyclic) bond motifs is 1. The van der Waals surface area contributed by atoms with Crippen molar-refractivity contribution in [2.75, 3.05) is 26.2 Å². The third-order valence-corrected chi connectivity index (χ3v) is 5.57. The number of rotatable bonds is 2. The molecule has 3 aliphatic heterocycles. The predicted octanol–water partition coefficient (Wildman–Crippen LogP) is 2.33. The van der Waals surface area contributed by atoms with Gasteiger partial charge in [0.05, 0.1) is 11.6 Å². The van der Waals surface area contributed by atoms with Gasteiger partial charge in [0.2, 0.25) is 0 Å². The maximum Gasteiger partial charge on any atom is 0.320 e. The van der Waals surface area contributed by atoms with E-state index in [1.165, 1.54) is 12.1 Å². The van der Waals surface area contributed by atoms with E-state index in [0.29, 0.717) is 19.1 Å². The molecule has 3 aliphatic rings. The van der Waals surface area contributed by atoms with Gasteiger partial charge in [-0.05, 0) is 37.8 Å². The zero-order chi connectivity index (χ0) is 16.7. The quantitative estimate of drug-likeness (QED) is 0.835. The van der Waals surface area contributed by atoms with E-state index in [-0.39, 0.29) is 23.5 Å². The van der Waals surface area contributed by atoms with Crippen LogP contribution in [-0.2, 0) is 0 Å². The standard InChI is InChI=1S/C18H22FN3O2/c19-16-6-2-1-5-15(16)17(23)20-10-7-13(8-11-20)22-12-14-4-3-9-21(14)18(22)24/h1-2,5-6,13-14H,3-4,7-12H2. The summed E-state index contributed by atoms with van der Waals surface area (Å²) >= 11 is 0. The molecule has 4 rings (SSSR count). The molecule has 3 heterocycles. The van der Waals surface area contributed by atoms with E-state index in [1.807, 2.05) is 9.80 Å². The number of urea groups is 1. The van der Waals surface area contributed by atoms with Gasteiger partial charge in [0.25, 0.3) is 5.91 Å². The summed E-state index contributed by atoms with van der Waals surface area (Å²) in [5, 5.41) is 0. The number of piperidine rings is 1. The van der Waals surface area contributed by atoms with E-state index in [4.69, 9.17) is 0 Å². The van der Waals surface area contributed by atoms with Crippen LogP contribution in [-0.4, -0.2) is 64.9 Å². The molecule has 6 heteroatoms. The lowest BCUT2D eigenvalue weighted by Gasteiger charge is -2.36. The molecule has 0 bridgehead atoms. The van der Waals surface area contributed by atoms with Crippen LogP contribution in [0.3, 0.4) is 0 Å². The Balaban J connectivity index is 1.38. The summed E-state index contributed by atoms with van der Waals surface area (Å²) in [7, 11) is 0. The number of benzene rings is 1. The molecule has 0 N–H and O–H groups in total. The average molecular weight is 331 g/mol. The molecular formula is C18H22FN3O2. The molecule has 3 saturated heterocycles. The van der Waals surface area contributed by atoms with Crippen LogP contribution in [0.15, 0.2) is 24.3 Å². The fourth-order valence-electron chi connectivity index (χ4n) is 4.24. The molecule has 3 fully saturated rings. The molecule has 1 aromatic carbocycles. The second-order valence-electron chi connectivity index (χ2n) is 6.93. The van der Waals surface area contributed by atoms with Crippen LogP contribution >= 0.6 is 0 Å². The van der Waals surface area contributed by atoms with Crippen molar-refractivity contribution in [2.45, 2.75) is 37.8 Å². The normalized spacial score (nSPS) is 24.6. The maximum atomic E-state index is 13.8. The zero-order valence-corrected chi connectivity index (χ0v) is 13.7. The first-order chi connectivity index (χ1) is 11.6. The molecule has 5 nitrogen and oxygen atoms in total. The first-order valence-corrected chi connectivity index (χ1v) is 8.76. The highest BCUT2D eigenvalue weighted by Crippen LogP contribution is 2.30. The van der Waals surface area contributed by atoms with Crippen LogP contribution in [0.25, 0.3) is 0 Å². The third kappa shape index (κ3) is 2.54. The highest BCUT2D eigenvalue weighted by molar-refractivity contribution is 5.94. The maximum absolute atomic E-state index is 13.8. The van der Waals surface area contributed by atoms with Gasteiger partial charge in [0, 0.05) is 32.2 Å². The summed E-state index contributed by atoms with van der Waals surface area (Å²) in [5.41, 5.74) is 0.133. The van der Waals surface area contributed by atoms with E-state index in [0.717, 1.165) is 38.8 Å². The Morgan fingerprint density at radius 2 is 1.75 bits per heavy atom. The fraction of sp³-hybridized carbons (Fsp3) is 0.556. The predicted molar refractivity (Wildman–Crippen MR) is 87.2 cm³/mol. The van der Waals surface area contributed by atoms with Crippen LogP contribution in [0.4, 0.5) is 9.18 Å². The zero-order valence-electron chi connectivity index (χ0n) is 13.7. The van der Waals surface area contributed by atoms with E-state index >= 15 is 0 Å². The molecule has 24 heavy (non-hydrogen) atoms. The Hall–Kier alpha value is -2.11. The average Bonchev–Trinajstić information content (AvgIpc) is 3.18. The minimum absolute atomic E-state index is 0.133. The van der Waals surface area contributed by atoms with Crippen LogP contribution < -0.4 is 0 Å². The number of hydrogen-bond donors (Lipinski definition) is 0. The number of halogens is 1. The smallest absolute Gasteiger partial charge is 0.320 e. The van der Waals surface area contributed by atoms with Gasteiger partial charge in [-0.3, -0.25) is 4.79 Å². The van der Waals surface area contributed by atoms with Gasteiger partial charge in [0.15, 0.2) is 0 Å². The first kappa shape index (κ1) is 15.4. The van der Waals surface area contributed by atoms with Crippen molar-refractivity contribution >= 4 is 11.9 Å². The monoisotopic (exact) mass is 331 g/mol. The van der Waals surface area contributed by atoms with Crippen molar-refractivity contribution in [1.29, 1.82) is 0 Å². The van der Waals surface area contributed by atoms with Crippen LogP contribution in [0.1, 0.15) is 36.0 Å². The van der Waals surface area contributed by atoms with Gasteiger partial charge < -0.3 is 14.7 Å². The van der Waals surface area contributed by atoms with Gasteiger partial charge >= 0.3 is 6.03 Å². The van der Waals surface area contributed by atoms with Crippen LogP contribution in [0.2, 0.25) is 0 Å². The van der Waals surface area contributed by atoms with Crippen molar-refractivity contribution in [3.63, 3.8) is 0 Å². The summed E-state index contributed by atoms with van der Waals surface area (Å²) in [6.07, 6.45) is 3.76. The lowest BCUT2D eigenvalue weighted by atomic mass is 10.0. The third-order valence-electron chi connectivity index (χ3n) is 5.57. The Labute approximate surface area is 141 Å². The molecule has 1 aromatic rings. The van der Waals surface area contributed by atoms with Crippen LogP contribution in [0, 0.1) is 5.82 Å². The largest absolute Gasteiger partial charge is 0.338 e. The van der Waals surface area contributed by atoms with Crippen molar-refractivity contribution < 1.29 is 14.0 Å². The van der Waals surface area contributed by atoms with Crippen molar-refractivity contribution in [3.05, 3.63) is 35.6 Å². The molecule has 1 unspecified atom stereocenters. The van der Waals surface area contributed by atoms with E-state index in [9.17, 15) is 14.0 Å². The summed E-state index contributed by atoms with van der Waals surface area (Å²) in [6, 6.07) is 6.86. The molecule has 128 valence electrons. The molecule has 0 spiro atoms. The Kier molecular flexibility index (Phi) is 3.90. The van der Waals surface area contributed by atoms with Crippen LogP contribution in [0.5, 0.6) is 0 Å². The summed E-state index contributed by atoms with van der Waals surface area (Å²) in [4.78, 5) is 30.7. The number of likely N-dealkylation sites (tertiary alicyclic amines) is 1. The number of hydrogen-bond acceptors (Lipinski definition) is 2. The van der Waals surface area contributed by atoms with E-state index < -0.39 is 5.82 Å². The Morgan fingerprint density at radius 1 is 1.00 bits per heavy atom. The molecule has 0 radical (unpaired) electrons. The second-order valence-corrected chi connectivity index (χ2v) is 6.93. The minimum atomic E-state index is -0.472. The summed E-state index contributed by atoms with van der Waals surface area (Å²) in [5.74, 6) is -0.722. The Morgan fingerprint density at radius 3 is 2.46 bits per heavy atom. The molecule has 0 saturated carbocycles. The fourth-order valence-corrected chi connectivity index (χ4v) is 4.24. The van der Waals surface area contributed by atoms with Crippen molar-refractivity contribution in [1.82, 2.24) is 14.7 Å². The first-order valence-electron chi connectivity index (χ1n) is 8.76. The highest BCUT2D eigenvalue weighted by Gasteiger charge is 2.43. The number of carbonyl (C=O) groups excluding carboxylic acids is 2. The van der Waals surface area contributed by atoms with Crippen molar-refractivity contribution in [2.24, 2.45) is 0 Å². The minimum Gasteiger partial charge on any atom is -0.338 e. The summed E-state index contributed by atoms with van der Waals surface area (Å²) in [6.45, 7) is 2.86. The summed E-state index contributed by atoms with van der Waals surface area (Å²) < 4.78 is 13.8. The van der Waals surface area contributed by atoms with Gasteiger partial charge in [-0.25, -0.2) is 9.18 Å². The van der Waals surface area contributed by atoms with Gasteiger partial charge in [0.1, 0.15) is 5.82 Å². The van der Waals surface area contributed by atoms with Gasteiger partial charge in [-0.1, -0.05) is 12.1 Å². The highest BCUT2D eigenvalue weighted by atomic mass is 19.1. The van der Waals surface area contributed by atoms with Crippen molar-refractivity contribution in [3.8, 4) is 0 Å². The lowest BCUT2D eigenvalue weighted by Crippen LogP contribution is -2.48. The Bertz CT molecular complexity index is 657. The molecule has 1 atom stereocenters. The molecule has 0 aromatic heterocycles. The SMILES string of the molecule is O=C(c1ccccc1F)N1CCC(N2CC3CCCN3C2=O)CC1. The van der Waals surface area contributed by atoms with Gasteiger partial charge in [-0.15, -0.1) is 0 Å². The molecule has 0 aliphatic carbocycles. The second kappa shape index (κ2) is 6.07. The number of carbonyl (C=O) groups is 2. The number of amides is 3. The van der Waals surface area contributed by atoms with Gasteiger partial charge in [-0.2, -0.15) is 0 Å². The lowest BCUT2D eigenvalue weighted by molar-refractivity contribution is 0.0657.